The van der Waals surface area contributed by atoms with Crippen molar-refractivity contribution in [2.75, 3.05) is 0 Å². The number of aryl methyl sites for hydroxylation is 1. The van der Waals surface area contributed by atoms with Crippen LogP contribution in [-0.4, -0.2) is 11.1 Å². The lowest BCUT2D eigenvalue weighted by molar-refractivity contribution is -0.141. The number of carboxylic acid groups (broad SMARTS) is 1. The summed E-state index contributed by atoms with van der Waals surface area (Å²) in [5, 5.41) is 8.68. The second-order valence-electron chi connectivity index (χ2n) is 3.62. The zero-order valence-corrected chi connectivity index (χ0v) is 9.67. The van der Waals surface area contributed by atoms with E-state index in [0.717, 1.165) is 19.3 Å². The van der Waals surface area contributed by atoms with Crippen LogP contribution in [0.25, 0.3) is 0 Å². The molecule has 84 valence electrons. The van der Waals surface area contributed by atoms with E-state index >= 15 is 0 Å². The Hall–Kier alpha value is -1.02. The Morgan fingerprint density at radius 1 is 1.33 bits per heavy atom. The molecule has 2 nitrogen and oxygen atoms in total. The van der Waals surface area contributed by atoms with Crippen molar-refractivity contribution >= 4 is 18.4 Å². The molecule has 3 heteroatoms. The third-order valence-electron chi connectivity index (χ3n) is 2.37. The maximum absolute atomic E-state index is 10.5. The maximum atomic E-state index is 10.5. The van der Waals surface area contributed by atoms with Crippen LogP contribution < -0.4 is 0 Å². The molecule has 1 unspecified atom stereocenters. The van der Waals surface area contributed by atoms with Crippen LogP contribution in [0.3, 0.4) is 0 Å². The van der Waals surface area contributed by atoms with E-state index in [1.165, 1.54) is 5.56 Å². The number of benzene rings is 1. The van der Waals surface area contributed by atoms with Crippen LogP contribution >= 0.6 is 12.4 Å². The molecule has 0 aliphatic carbocycles. The van der Waals surface area contributed by atoms with Crippen molar-refractivity contribution in [1.82, 2.24) is 0 Å². The van der Waals surface area contributed by atoms with E-state index in [0.29, 0.717) is 0 Å². The third-order valence-corrected chi connectivity index (χ3v) is 2.37. The molecular weight excluding hydrogens is 212 g/mol. The van der Waals surface area contributed by atoms with Gasteiger partial charge in [0.25, 0.3) is 0 Å². The summed E-state index contributed by atoms with van der Waals surface area (Å²) < 4.78 is 0. The van der Waals surface area contributed by atoms with Gasteiger partial charge in [-0.2, -0.15) is 0 Å². The highest BCUT2D eigenvalue weighted by molar-refractivity contribution is 5.85. The van der Waals surface area contributed by atoms with Crippen LogP contribution in [0.4, 0.5) is 0 Å². The molecule has 0 spiro atoms. The molecule has 0 bridgehead atoms. The average molecular weight is 229 g/mol. The van der Waals surface area contributed by atoms with Gasteiger partial charge in [-0.05, 0) is 24.8 Å². The Morgan fingerprint density at radius 2 is 1.93 bits per heavy atom. The lowest BCUT2D eigenvalue weighted by Gasteiger charge is -2.05. The standard InChI is InChI=1S/C12H16O2.ClH/c1-10(12(13)14)6-5-9-11-7-3-2-4-8-11;/h2-4,7-8,10H,5-6,9H2,1H3,(H,13,14);1H. The Balaban J connectivity index is 0.00000196. The Morgan fingerprint density at radius 3 is 2.47 bits per heavy atom. The molecule has 0 amide bonds. The fraction of sp³-hybridized carbons (Fsp3) is 0.417. The minimum atomic E-state index is -0.696. The normalized spacial score (nSPS) is 11.5. The molecule has 1 atom stereocenters. The predicted molar refractivity (Wildman–Crippen MR) is 63.4 cm³/mol. The first-order valence-corrected chi connectivity index (χ1v) is 4.97. The van der Waals surface area contributed by atoms with E-state index < -0.39 is 5.97 Å². The van der Waals surface area contributed by atoms with Crippen LogP contribution in [0.5, 0.6) is 0 Å². The molecule has 0 heterocycles. The second-order valence-corrected chi connectivity index (χ2v) is 3.62. The molecule has 0 aliphatic heterocycles. The number of hydrogen-bond acceptors (Lipinski definition) is 1. The van der Waals surface area contributed by atoms with Gasteiger partial charge in [-0.25, -0.2) is 0 Å². The van der Waals surface area contributed by atoms with Gasteiger partial charge < -0.3 is 5.11 Å². The van der Waals surface area contributed by atoms with Crippen LogP contribution in [0.15, 0.2) is 30.3 Å². The first-order valence-electron chi connectivity index (χ1n) is 4.97. The number of rotatable bonds is 5. The highest BCUT2D eigenvalue weighted by atomic mass is 35.5. The summed E-state index contributed by atoms with van der Waals surface area (Å²) >= 11 is 0. The number of carbonyl (C=O) groups is 1. The zero-order valence-electron chi connectivity index (χ0n) is 8.85. The summed E-state index contributed by atoms with van der Waals surface area (Å²) in [5.74, 6) is -0.920. The largest absolute Gasteiger partial charge is 0.481 e. The van der Waals surface area contributed by atoms with E-state index in [2.05, 4.69) is 12.1 Å². The van der Waals surface area contributed by atoms with E-state index in [9.17, 15) is 4.79 Å². The highest BCUT2D eigenvalue weighted by Crippen LogP contribution is 2.10. The maximum Gasteiger partial charge on any atom is 0.306 e. The van der Waals surface area contributed by atoms with Gasteiger partial charge in [0.1, 0.15) is 0 Å². The van der Waals surface area contributed by atoms with E-state index in [-0.39, 0.29) is 18.3 Å². The van der Waals surface area contributed by atoms with E-state index in [1.54, 1.807) is 6.92 Å². The van der Waals surface area contributed by atoms with Crippen molar-refractivity contribution < 1.29 is 9.90 Å². The third kappa shape index (κ3) is 5.43. The van der Waals surface area contributed by atoms with Gasteiger partial charge in [-0.3, -0.25) is 4.79 Å². The smallest absolute Gasteiger partial charge is 0.306 e. The van der Waals surface area contributed by atoms with Crippen molar-refractivity contribution in [3.8, 4) is 0 Å². The van der Waals surface area contributed by atoms with E-state index in [4.69, 9.17) is 5.11 Å². The van der Waals surface area contributed by atoms with Crippen molar-refractivity contribution in [2.24, 2.45) is 5.92 Å². The highest BCUT2D eigenvalue weighted by Gasteiger charge is 2.09. The van der Waals surface area contributed by atoms with Crippen molar-refractivity contribution in [3.63, 3.8) is 0 Å². The molecule has 1 rings (SSSR count). The Kier molecular flexibility index (Phi) is 6.80. The molecule has 0 saturated carbocycles. The van der Waals surface area contributed by atoms with Crippen LogP contribution in [0.1, 0.15) is 25.3 Å². The summed E-state index contributed by atoms with van der Waals surface area (Å²) in [7, 11) is 0. The van der Waals surface area contributed by atoms with Crippen LogP contribution in [0.2, 0.25) is 0 Å². The Bertz CT molecular complexity index is 285. The first kappa shape index (κ1) is 14.0. The summed E-state index contributed by atoms with van der Waals surface area (Å²) in [6, 6.07) is 10.2. The van der Waals surface area contributed by atoms with E-state index in [1.807, 2.05) is 18.2 Å². The second kappa shape index (κ2) is 7.30. The summed E-state index contributed by atoms with van der Waals surface area (Å²) in [6.07, 6.45) is 2.67. The molecule has 1 N–H and O–H groups in total. The minimum Gasteiger partial charge on any atom is -0.481 e. The number of halogens is 1. The SMILES string of the molecule is CC(CCCc1ccccc1)C(=O)O.Cl. The molecule has 0 fully saturated rings. The van der Waals surface area contributed by atoms with Crippen molar-refractivity contribution in [1.29, 1.82) is 0 Å². The van der Waals surface area contributed by atoms with Gasteiger partial charge >= 0.3 is 5.97 Å². The van der Waals surface area contributed by atoms with Gasteiger partial charge in [0.15, 0.2) is 0 Å². The molecule has 15 heavy (non-hydrogen) atoms. The average Bonchev–Trinajstić information content (AvgIpc) is 2.19. The minimum absolute atomic E-state index is 0. The van der Waals surface area contributed by atoms with Crippen molar-refractivity contribution in [2.45, 2.75) is 26.2 Å². The van der Waals surface area contributed by atoms with Gasteiger partial charge in [0.2, 0.25) is 0 Å². The summed E-state index contributed by atoms with van der Waals surface area (Å²) in [5.41, 5.74) is 1.28. The molecule has 1 aromatic rings. The van der Waals surface area contributed by atoms with Crippen molar-refractivity contribution in [3.05, 3.63) is 35.9 Å². The molecule has 0 radical (unpaired) electrons. The monoisotopic (exact) mass is 228 g/mol. The van der Waals surface area contributed by atoms with Gasteiger partial charge in [0, 0.05) is 0 Å². The Labute approximate surface area is 96.7 Å². The zero-order chi connectivity index (χ0) is 10.4. The molecule has 1 aromatic carbocycles. The number of aliphatic carboxylic acids is 1. The van der Waals surface area contributed by atoms with Gasteiger partial charge in [-0.1, -0.05) is 37.3 Å². The summed E-state index contributed by atoms with van der Waals surface area (Å²) in [6.45, 7) is 1.76. The first-order chi connectivity index (χ1) is 6.70. The van der Waals surface area contributed by atoms with Gasteiger partial charge in [0.05, 0.1) is 5.92 Å². The fourth-order valence-corrected chi connectivity index (χ4v) is 1.38. The lowest BCUT2D eigenvalue weighted by atomic mass is 10.0. The number of carboxylic acids is 1. The van der Waals surface area contributed by atoms with Crippen LogP contribution in [-0.2, 0) is 11.2 Å². The lowest BCUT2D eigenvalue weighted by Crippen LogP contribution is -2.09. The molecule has 0 saturated heterocycles. The van der Waals surface area contributed by atoms with Gasteiger partial charge in [-0.15, -0.1) is 12.4 Å². The fourth-order valence-electron chi connectivity index (χ4n) is 1.38. The molecular formula is C12H17ClO2. The number of hydrogen-bond donors (Lipinski definition) is 1. The topological polar surface area (TPSA) is 37.3 Å². The quantitative estimate of drug-likeness (QED) is 0.841. The molecule has 0 aliphatic rings. The summed E-state index contributed by atoms with van der Waals surface area (Å²) in [4.78, 5) is 10.5. The van der Waals surface area contributed by atoms with Crippen LogP contribution in [0, 0.1) is 5.92 Å². The molecule has 0 aromatic heterocycles. The predicted octanol–water partition coefficient (Wildman–Crippen LogP) is 3.15.